The van der Waals surface area contributed by atoms with Gasteiger partial charge < -0.3 is 4.57 Å². The van der Waals surface area contributed by atoms with Gasteiger partial charge in [0, 0.05) is 33.0 Å². The molecule has 2 heterocycles. The van der Waals surface area contributed by atoms with E-state index in [0.717, 1.165) is 28.7 Å². The van der Waals surface area contributed by atoms with Crippen LogP contribution >= 0.6 is 11.8 Å². The third-order valence-corrected chi connectivity index (χ3v) is 8.23. The van der Waals surface area contributed by atoms with Crippen LogP contribution in [0.25, 0.3) is 16.7 Å². The average molecular weight is 470 g/mol. The smallest absolute Gasteiger partial charge is 0.242 e. The van der Waals surface area contributed by atoms with Crippen molar-refractivity contribution in [1.29, 1.82) is 0 Å². The number of hydrogen-bond acceptors (Lipinski definition) is 5. The molecule has 9 heteroatoms. The summed E-state index contributed by atoms with van der Waals surface area (Å²) < 4.78 is 30.5. The van der Waals surface area contributed by atoms with Gasteiger partial charge in [-0.3, -0.25) is 4.57 Å². The number of rotatable bonds is 7. The van der Waals surface area contributed by atoms with Crippen molar-refractivity contribution in [3.05, 3.63) is 65.7 Å². The van der Waals surface area contributed by atoms with Crippen LogP contribution in [-0.2, 0) is 22.3 Å². The van der Waals surface area contributed by atoms with Crippen LogP contribution in [0.5, 0.6) is 0 Å². The molecule has 0 amide bonds. The first-order valence-corrected chi connectivity index (χ1v) is 12.8. The summed E-state index contributed by atoms with van der Waals surface area (Å²) in [4.78, 5) is 9.58. The van der Waals surface area contributed by atoms with Gasteiger partial charge in [0.15, 0.2) is 5.16 Å². The van der Waals surface area contributed by atoms with E-state index in [1.807, 2.05) is 18.5 Å². The van der Waals surface area contributed by atoms with Crippen molar-refractivity contribution in [3.63, 3.8) is 0 Å². The fourth-order valence-electron chi connectivity index (χ4n) is 3.68. The van der Waals surface area contributed by atoms with Crippen molar-refractivity contribution in [1.82, 2.24) is 23.4 Å². The molecule has 0 fully saturated rings. The van der Waals surface area contributed by atoms with Crippen LogP contribution in [0.2, 0.25) is 0 Å². The van der Waals surface area contributed by atoms with Crippen LogP contribution in [0.1, 0.15) is 23.9 Å². The zero-order valence-corrected chi connectivity index (χ0v) is 20.5. The monoisotopic (exact) mass is 469 g/mol. The summed E-state index contributed by atoms with van der Waals surface area (Å²) in [7, 11) is -0.441. The normalized spacial score (nSPS) is 12.2. The molecule has 0 unspecified atom stereocenters. The van der Waals surface area contributed by atoms with Gasteiger partial charge in [0.1, 0.15) is 5.82 Å². The Morgan fingerprint density at radius 3 is 2.59 bits per heavy atom. The van der Waals surface area contributed by atoms with Crippen molar-refractivity contribution in [2.75, 3.05) is 14.1 Å². The largest absolute Gasteiger partial charge is 0.328 e. The van der Waals surface area contributed by atoms with E-state index in [1.54, 1.807) is 23.9 Å². The van der Waals surface area contributed by atoms with Gasteiger partial charge in [0.2, 0.25) is 10.0 Å². The quantitative estimate of drug-likeness (QED) is 0.375. The number of nitrogens with zero attached hydrogens (tertiary/aromatic N) is 5. The van der Waals surface area contributed by atoms with Gasteiger partial charge in [-0.05, 0) is 56.2 Å². The summed E-state index contributed by atoms with van der Waals surface area (Å²) in [5, 5.41) is 0.893. The van der Waals surface area contributed by atoms with Gasteiger partial charge in [-0.15, -0.1) is 0 Å². The lowest BCUT2D eigenvalue weighted by Gasteiger charge is -2.12. The van der Waals surface area contributed by atoms with Gasteiger partial charge in [0.25, 0.3) is 0 Å². The van der Waals surface area contributed by atoms with Gasteiger partial charge in [0.05, 0.1) is 27.4 Å². The Labute approximate surface area is 193 Å². The van der Waals surface area contributed by atoms with E-state index in [2.05, 4.69) is 53.1 Å². The molecule has 2 aromatic carbocycles. The second-order valence-electron chi connectivity index (χ2n) is 7.87. The van der Waals surface area contributed by atoms with Crippen molar-refractivity contribution in [3.8, 4) is 5.69 Å². The van der Waals surface area contributed by atoms with Gasteiger partial charge in [-0.25, -0.2) is 22.7 Å². The van der Waals surface area contributed by atoms with Crippen LogP contribution in [0, 0.1) is 13.8 Å². The summed E-state index contributed by atoms with van der Waals surface area (Å²) >= 11 is 1.62. The Morgan fingerprint density at radius 1 is 1.09 bits per heavy atom. The van der Waals surface area contributed by atoms with E-state index in [1.165, 1.54) is 29.5 Å². The Morgan fingerprint density at radius 2 is 1.88 bits per heavy atom. The Kier molecular flexibility index (Phi) is 6.15. The molecule has 7 nitrogen and oxygen atoms in total. The second-order valence-corrected chi connectivity index (χ2v) is 11.0. The molecular weight excluding hydrogens is 442 g/mol. The zero-order valence-electron chi connectivity index (χ0n) is 18.9. The van der Waals surface area contributed by atoms with Crippen LogP contribution < -0.4 is 0 Å². The summed E-state index contributed by atoms with van der Waals surface area (Å²) in [6.07, 6.45) is 3.79. The topological polar surface area (TPSA) is 73.0 Å². The van der Waals surface area contributed by atoms with Crippen LogP contribution in [0.4, 0.5) is 0 Å². The Balaban J connectivity index is 1.66. The Hall–Kier alpha value is -2.62. The van der Waals surface area contributed by atoms with E-state index in [4.69, 9.17) is 4.98 Å². The van der Waals surface area contributed by atoms with Crippen LogP contribution in [0.15, 0.2) is 58.8 Å². The predicted molar refractivity (Wildman–Crippen MR) is 129 cm³/mol. The summed E-state index contributed by atoms with van der Waals surface area (Å²) in [5.41, 5.74) is 5.12. The average Bonchev–Trinajstić information content (AvgIpc) is 3.36. The van der Waals surface area contributed by atoms with Crippen molar-refractivity contribution in [2.24, 2.45) is 0 Å². The number of thioether (sulfide) groups is 1. The standard InChI is InChI=1S/C23H27N5O2S2/c1-6-27-20-10-9-18(32(29,30)26(4)5)14-19(20)25-22(27)15-31-23-24-11-12-28(23)21-13-16(2)7-8-17(21)3/h7-14H,6,15H2,1-5H3. The van der Waals surface area contributed by atoms with Crippen molar-refractivity contribution >= 4 is 32.8 Å². The SMILES string of the molecule is CCn1c(CSc2nccn2-c2cc(C)ccc2C)nc2cc(S(=O)(=O)N(C)C)ccc21. The van der Waals surface area contributed by atoms with E-state index in [0.29, 0.717) is 11.3 Å². The van der Waals surface area contributed by atoms with Crippen LogP contribution in [0.3, 0.4) is 0 Å². The minimum absolute atomic E-state index is 0.250. The van der Waals surface area contributed by atoms with E-state index in [9.17, 15) is 8.42 Å². The molecule has 168 valence electrons. The number of imidazole rings is 2. The lowest BCUT2D eigenvalue weighted by Crippen LogP contribution is -2.22. The highest BCUT2D eigenvalue weighted by Gasteiger charge is 2.20. The summed E-state index contributed by atoms with van der Waals surface area (Å²) in [6, 6.07) is 11.5. The van der Waals surface area contributed by atoms with Crippen molar-refractivity contribution in [2.45, 2.75) is 43.1 Å². The van der Waals surface area contributed by atoms with Gasteiger partial charge >= 0.3 is 0 Å². The third-order valence-electron chi connectivity index (χ3n) is 5.45. The number of hydrogen-bond donors (Lipinski definition) is 0. The minimum atomic E-state index is -3.50. The predicted octanol–water partition coefficient (Wildman–Crippen LogP) is 4.40. The van der Waals surface area contributed by atoms with E-state index >= 15 is 0 Å². The van der Waals surface area contributed by atoms with Crippen molar-refractivity contribution < 1.29 is 8.42 Å². The first kappa shape index (κ1) is 22.6. The molecule has 0 spiro atoms. The van der Waals surface area contributed by atoms with Gasteiger partial charge in [-0.1, -0.05) is 23.9 Å². The number of fused-ring (bicyclic) bond motifs is 1. The highest BCUT2D eigenvalue weighted by molar-refractivity contribution is 7.98. The van der Waals surface area contributed by atoms with Crippen LogP contribution in [-0.4, -0.2) is 45.9 Å². The highest BCUT2D eigenvalue weighted by Crippen LogP contribution is 2.28. The molecule has 0 saturated heterocycles. The molecule has 0 aliphatic carbocycles. The first-order valence-electron chi connectivity index (χ1n) is 10.4. The van der Waals surface area contributed by atoms with Gasteiger partial charge in [-0.2, -0.15) is 0 Å². The summed E-state index contributed by atoms with van der Waals surface area (Å²) in [5.74, 6) is 1.52. The Bertz CT molecular complexity index is 1390. The second kappa shape index (κ2) is 8.73. The molecule has 0 aliphatic heterocycles. The number of sulfonamides is 1. The molecule has 4 aromatic rings. The molecule has 0 saturated carbocycles. The fraction of sp³-hybridized carbons (Fsp3) is 0.304. The van der Waals surface area contributed by atoms with E-state index in [-0.39, 0.29) is 4.90 Å². The van der Waals surface area contributed by atoms with E-state index < -0.39 is 10.0 Å². The summed E-state index contributed by atoms with van der Waals surface area (Å²) in [6.45, 7) is 6.99. The molecule has 0 bridgehead atoms. The maximum absolute atomic E-state index is 12.5. The molecule has 0 radical (unpaired) electrons. The maximum Gasteiger partial charge on any atom is 0.242 e. The number of aromatic nitrogens is 4. The number of aryl methyl sites for hydroxylation is 3. The molecule has 0 atom stereocenters. The first-order chi connectivity index (χ1) is 15.2. The molecule has 2 aromatic heterocycles. The number of benzene rings is 2. The molecule has 32 heavy (non-hydrogen) atoms. The maximum atomic E-state index is 12.5. The lowest BCUT2D eigenvalue weighted by molar-refractivity contribution is 0.521. The molecule has 0 N–H and O–H groups in total. The zero-order chi connectivity index (χ0) is 23.0. The molecular formula is C23H27N5O2S2. The fourth-order valence-corrected chi connectivity index (χ4v) is 5.52. The third kappa shape index (κ3) is 4.07. The molecule has 0 aliphatic rings. The molecule has 4 rings (SSSR count). The lowest BCUT2D eigenvalue weighted by atomic mass is 10.1. The minimum Gasteiger partial charge on any atom is -0.328 e. The highest BCUT2D eigenvalue weighted by atomic mass is 32.2.